The summed E-state index contributed by atoms with van der Waals surface area (Å²) in [4.78, 5) is 0.282. The van der Waals surface area contributed by atoms with Crippen molar-refractivity contribution in [2.45, 2.75) is 25.3 Å². The number of rotatable bonds is 5. The Balaban J connectivity index is 3.41. The molecule has 0 heterocycles. The summed E-state index contributed by atoms with van der Waals surface area (Å²) in [6.45, 7) is 4.62. The van der Waals surface area contributed by atoms with Gasteiger partial charge in [0, 0.05) is 25.2 Å². The van der Waals surface area contributed by atoms with E-state index in [9.17, 15) is 8.42 Å². The predicted octanol–water partition coefficient (Wildman–Crippen LogP) is 2.01. The van der Waals surface area contributed by atoms with Gasteiger partial charge in [-0.15, -0.1) is 0 Å². The van der Waals surface area contributed by atoms with E-state index in [-0.39, 0.29) is 4.90 Å². The Hall–Kier alpha value is -0.620. The minimum atomic E-state index is -3.46. The maximum absolute atomic E-state index is 12.3. The molecule has 1 aromatic carbocycles. The third-order valence-corrected chi connectivity index (χ3v) is 5.21. The molecule has 0 saturated carbocycles. The summed E-state index contributed by atoms with van der Waals surface area (Å²) in [6.07, 6.45) is 0. The zero-order chi connectivity index (χ0) is 13.9. The first-order valence-electron chi connectivity index (χ1n) is 5.74. The van der Waals surface area contributed by atoms with Crippen LogP contribution in [0.25, 0.3) is 0 Å². The summed E-state index contributed by atoms with van der Waals surface area (Å²) in [5.41, 5.74) is 1.64. The largest absolute Gasteiger partial charge is 0.316 e. The lowest BCUT2D eigenvalue weighted by Gasteiger charge is -2.18. The van der Waals surface area contributed by atoms with Crippen LogP contribution in [0.15, 0.2) is 17.0 Å². The van der Waals surface area contributed by atoms with E-state index in [1.807, 2.05) is 7.05 Å². The Morgan fingerprint density at radius 3 is 2.50 bits per heavy atom. The molecule has 102 valence electrons. The molecule has 18 heavy (non-hydrogen) atoms. The van der Waals surface area contributed by atoms with Gasteiger partial charge in [-0.25, -0.2) is 12.7 Å². The lowest BCUT2D eigenvalue weighted by molar-refractivity contribution is 0.485. The van der Waals surface area contributed by atoms with Gasteiger partial charge in [0.05, 0.1) is 4.90 Å². The van der Waals surface area contributed by atoms with Crippen LogP contribution < -0.4 is 5.32 Å². The van der Waals surface area contributed by atoms with Crippen molar-refractivity contribution in [1.29, 1.82) is 0 Å². The van der Waals surface area contributed by atoms with Crippen molar-refractivity contribution in [2.75, 3.05) is 20.6 Å². The summed E-state index contributed by atoms with van der Waals surface area (Å²) >= 11 is 6.00. The minimum Gasteiger partial charge on any atom is -0.316 e. The Morgan fingerprint density at radius 2 is 2.00 bits per heavy atom. The van der Waals surface area contributed by atoms with E-state index in [0.29, 0.717) is 18.1 Å². The number of benzene rings is 1. The average Bonchev–Trinajstić information content (AvgIpc) is 2.32. The molecule has 0 fully saturated rings. The van der Waals surface area contributed by atoms with Crippen LogP contribution in [0.3, 0.4) is 0 Å². The van der Waals surface area contributed by atoms with E-state index in [1.165, 1.54) is 10.4 Å². The SMILES string of the molecule is CCN(C)S(=O)(=O)c1cc(Cl)cc(CNC)c1C. The fraction of sp³-hybridized carbons (Fsp3) is 0.500. The van der Waals surface area contributed by atoms with Gasteiger partial charge in [-0.2, -0.15) is 0 Å². The van der Waals surface area contributed by atoms with E-state index in [0.717, 1.165) is 11.1 Å². The number of hydrogen-bond acceptors (Lipinski definition) is 3. The van der Waals surface area contributed by atoms with Crippen molar-refractivity contribution in [1.82, 2.24) is 9.62 Å². The van der Waals surface area contributed by atoms with Crippen molar-refractivity contribution in [2.24, 2.45) is 0 Å². The molecule has 0 radical (unpaired) electrons. The number of sulfonamides is 1. The van der Waals surface area contributed by atoms with Crippen molar-refractivity contribution in [3.05, 3.63) is 28.3 Å². The van der Waals surface area contributed by atoms with Gasteiger partial charge in [0.2, 0.25) is 10.0 Å². The van der Waals surface area contributed by atoms with Gasteiger partial charge >= 0.3 is 0 Å². The molecule has 0 aliphatic carbocycles. The highest BCUT2D eigenvalue weighted by molar-refractivity contribution is 7.89. The van der Waals surface area contributed by atoms with E-state index >= 15 is 0 Å². The molecule has 0 aliphatic heterocycles. The molecule has 6 heteroatoms. The molecular formula is C12H19ClN2O2S. The van der Waals surface area contributed by atoms with E-state index in [4.69, 9.17) is 11.6 Å². The second kappa shape index (κ2) is 6.02. The monoisotopic (exact) mass is 290 g/mol. The smallest absolute Gasteiger partial charge is 0.243 e. The Bertz CT molecular complexity index is 529. The highest BCUT2D eigenvalue weighted by atomic mass is 35.5. The van der Waals surface area contributed by atoms with Crippen LogP contribution in [0, 0.1) is 6.92 Å². The first kappa shape index (κ1) is 15.4. The highest BCUT2D eigenvalue weighted by Crippen LogP contribution is 2.26. The molecule has 0 saturated heterocycles. The Morgan fingerprint density at radius 1 is 1.39 bits per heavy atom. The van der Waals surface area contributed by atoms with Crippen molar-refractivity contribution < 1.29 is 8.42 Å². The summed E-state index contributed by atoms with van der Waals surface area (Å²) < 4.78 is 26.0. The van der Waals surface area contributed by atoms with E-state index in [1.54, 1.807) is 27.0 Å². The van der Waals surface area contributed by atoms with Crippen LogP contribution in [-0.2, 0) is 16.6 Å². The molecule has 1 rings (SSSR count). The number of hydrogen-bond donors (Lipinski definition) is 1. The molecule has 0 atom stereocenters. The minimum absolute atomic E-state index is 0.282. The Labute approximate surface area is 114 Å². The predicted molar refractivity (Wildman–Crippen MR) is 74.4 cm³/mol. The van der Waals surface area contributed by atoms with Crippen LogP contribution in [0.5, 0.6) is 0 Å². The number of nitrogens with zero attached hydrogens (tertiary/aromatic N) is 1. The molecule has 0 aromatic heterocycles. The van der Waals surface area contributed by atoms with Gasteiger partial charge < -0.3 is 5.32 Å². The molecule has 0 bridgehead atoms. The first-order chi connectivity index (χ1) is 8.34. The second-order valence-corrected chi connectivity index (χ2v) is 6.59. The van der Waals surface area contributed by atoms with E-state index < -0.39 is 10.0 Å². The molecule has 1 aromatic rings. The van der Waals surface area contributed by atoms with Gasteiger partial charge in [-0.3, -0.25) is 0 Å². The highest BCUT2D eigenvalue weighted by Gasteiger charge is 2.23. The van der Waals surface area contributed by atoms with Gasteiger partial charge in [0.25, 0.3) is 0 Å². The van der Waals surface area contributed by atoms with Crippen LogP contribution in [0.1, 0.15) is 18.1 Å². The third-order valence-electron chi connectivity index (χ3n) is 2.93. The third kappa shape index (κ3) is 3.03. The lowest BCUT2D eigenvalue weighted by atomic mass is 10.1. The maximum Gasteiger partial charge on any atom is 0.243 e. The zero-order valence-corrected chi connectivity index (χ0v) is 12.7. The average molecular weight is 291 g/mol. The Kier molecular flexibility index (Phi) is 5.16. The zero-order valence-electron chi connectivity index (χ0n) is 11.1. The summed E-state index contributed by atoms with van der Waals surface area (Å²) in [5, 5.41) is 3.45. The summed E-state index contributed by atoms with van der Waals surface area (Å²) in [7, 11) is -0.0868. The maximum atomic E-state index is 12.3. The van der Waals surface area contributed by atoms with Crippen molar-refractivity contribution in [3.8, 4) is 0 Å². The molecule has 4 nitrogen and oxygen atoms in total. The lowest BCUT2D eigenvalue weighted by Crippen LogP contribution is -2.27. The summed E-state index contributed by atoms with van der Waals surface area (Å²) in [5.74, 6) is 0. The molecule has 0 amide bonds. The van der Waals surface area contributed by atoms with Crippen LogP contribution in [-0.4, -0.2) is 33.4 Å². The molecule has 0 unspecified atom stereocenters. The quantitative estimate of drug-likeness (QED) is 0.902. The van der Waals surface area contributed by atoms with Gasteiger partial charge in [-0.1, -0.05) is 18.5 Å². The molecule has 0 aliphatic rings. The normalized spacial score (nSPS) is 12.1. The van der Waals surface area contributed by atoms with Crippen LogP contribution >= 0.6 is 11.6 Å². The fourth-order valence-electron chi connectivity index (χ4n) is 1.69. The van der Waals surface area contributed by atoms with Gasteiger partial charge in [0.1, 0.15) is 0 Å². The van der Waals surface area contributed by atoms with Gasteiger partial charge in [-0.05, 0) is 37.2 Å². The topological polar surface area (TPSA) is 49.4 Å². The van der Waals surface area contributed by atoms with E-state index in [2.05, 4.69) is 5.32 Å². The van der Waals surface area contributed by atoms with Crippen LogP contribution in [0.2, 0.25) is 5.02 Å². The standard InChI is InChI=1S/C12H19ClN2O2S/c1-5-15(4)18(16,17)12-7-11(13)6-10(8-14-3)9(12)2/h6-7,14H,5,8H2,1-4H3. The number of halogens is 1. The van der Waals surface area contributed by atoms with Crippen molar-refractivity contribution in [3.63, 3.8) is 0 Å². The molecule has 0 spiro atoms. The molecule has 1 N–H and O–H groups in total. The second-order valence-electron chi connectivity index (χ2n) is 4.14. The van der Waals surface area contributed by atoms with Gasteiger partial charge in [0.15, 0.2) is 0 Å². The summed E-state index contributed by atoms with van der Waals surface area (Å²) in [6, 6.07) is 3.30. The first-order valence-corrected chi connectivity index (χ1v) is 7.56. The number of nitrogens with one attached hydrogen (secondary N) is 1. The van der Waals surface area contributed by atoms with Crippen LogP contribution in [0.4, 0.5) is 0 Å². The fourth-order valence-corrected chi connectivity index (χ4v) is 3.46. The van der Waals surface area contributed by atoms with Crippen molar-refractivity contribution >= 4 is 21.6 Å². The molecular weight excluding hydrogens is 272 g/mol.